The lowest BCUT2D eigenvalue weighted by atomic mass is 10.3. The quantitative estimate of drug-likeness (QED) is 0.811. The molecule has 0 fully saturated rings. The highest BCUT2D eigenvalue weighted by Gasteiger charge is 2.05. The Labute approximate surface area is 104 Å². The van der Waals surface area contributed by atoms with Gasteiger partial charge in [-0.25, -0.2) is 4.39 Å². The molecule has 0 aliphatic carbocycles. The fourth-order valence-electron chi connectivity index (χ4n) is 1.15. The first-order valence-corrected chi connectivity index (χ1v) is 5.56. The van der Waals surface area contributed by atoms with Crippen molar-refractivity contribution >= 4 is 17.5 Å². The second kappa shape index (κ2) is 7.09. The van der Waals surface area contributed by atoms with E-state index >= 15 is 0 Å². The monoisotopic (exact) mass is 260 g/mol. The highest BCUT2D eigenvalue weighted by molar-refractivity contribution is 6.32. The summed E-state index contributed by atoms with van der Waals surface area (Å²) in [6.07, 6.45) is 0.202. The van der Waals surface area contributed by atoms with Crippen molar-refractivity contribution in [3.63, 3.8) is 0 Å². The van der Waals surface area contributed by atoms with Crippen molar-refractivity contribution in [3.8, 4) is 5.75 Å². The third-order valence-corrected chi connectivity index (χ3v) is 2.24. The number of nitrogens with one attached hydrogen (secondary N) is 1. The molecule has 17 heavy (non-hydrogen) atoms. The highest BCUT2D eigenvalue weighted by atomic mass is 35.5. The van der Waals surface area contributed by atoms with Crippen molar-refractivity contribution in [1.82, 2.24) is 5.32 Å². The van der Waals surface area contributed by atoms with Crippen molar-refractivity contribution in [3.05, 3.63) is 29.0 Å². The molecule has 1 aromatic rings. The Morgan fingerprint density at radius 3 is 2.94 bits per heavy atom. The zero-order valence-electron chi connectivity index (χ0n) is 9.21. The van der Waals surface area contributed by atoms with Crippen molar-refractivity contribution in [2.75, 3.05) is 19.7 Å². The van der Waals surface area contributed by atoms with Crippen LogP contribution in [0.2, 0.25) is 5.02 Å². The van der Waals surface area contributed by atoms with E-state index < -0.39 is 5.82 Å². The van der Waals surface area contributed by atoms with Crippen LogP contribution in [0.4, 0.5) is 4.39 Å². The molecule has 1 rings (SSSR count). The average Bonchev–Trinajstić information content (AvgIpc) is 2.29. The Morgan fingerprint density at radius 1 is 1.53 bits per heavy atom. The summed E-state index contributed by atoms with van der Waals surface area (Å²) in [4.78, 5) is 11.2. The summed E-state index contributed by atoms with van der Waals surface area (Å²) in [5, 5.41) is 2.79. The maximum Gasteiger partial charge on any atom is 0.223 e. The van der Waals surface area contributed by atoms with Gasteiger partial charge in [-0.2, -0.15) is 0 Å². The lowest BCUT2D eigenvalue weighted by Crippen LogP contribution is -2.29. The molecule has 0 bridgehead atoms. The molecule has 0 radical (unpaired) electrons. The lowest BCUT2D eigenvalue weighted by molar-refractivity contribution is -0.121. The van der Waals surface area contributed by atoms with Crippen LogP contribution in [0.5, 0.6) is 5.75 Å². The number of rotatable bonds is 6. The van der Waals surface area contributed by atoms with Crippen LogP contribution in [-0.2, 0) is 4.79 Å². The van der Waals surface area contributed by atoms with E-state index in [1.807, 2.05) is 0 Å². The van der Waals surface area contributed by atoms with Gasteiger partial charge in [0, 0.05) is 13.1 Å². The number of ether oxygens (including phenoxy) is 1. The lowest BCUT2D eigenvalue weighted by Gasteiger charge is -2.08. The minimum absolute atomic E-state index is 0.145. The second-order valence-electron chi connectivity index (χ2n) is 3.31. The molecule has 3 N–H and O–H groups in total. The number of nitrogens with two attached hydrogens (primary N) is 1. The van der Waals surface area contributed by atoms with Crippen molar-refractivity contribution in [2.45, 2.75) is 6.42 Å². The summed E-state index contributed by atoms with van der Waals surface area (Å²) >= 11 is 5.75. The highest BCUT2D eigenvalue weighted by Crippen LogP contribution is 2.24. The Bertz CT molecular complexity index is 388. The molecule has 0 unspecified atom stereocenters. The molecular formula is C11H14ClFN2O2. The van der Waals surface area contributed by atoms with Gasteiger partial charge in [0.15, 0.2) is 0 Å². The van der Waals surface area contributed by atoms with Crippen LogP contribution in [0.3, 0.4) is 0 Å². The van der Waals surface area contributed by atoms with E-state index in [0.717, 1.165) is 6.07 Å². The third-order valence-electron chi connectivity index (χ3n) is 1.95. The minimum atomic E-state index is -0.428. The molecule has 1 aromatic carbocycles. The molecule has 0 saturated carbocycles. The molecule has 0 aromatic heterocycles. The number of carbonyl (C=O) groups excluding carboxylic acids is 1. The Balaban J connectivity index is 2.33. The smallest absolute Gasteiger partial charge is 0.223 e. The summed E-state index contributed by atoms with van der Waals surface area (Å²) in [6, 6.07) is 3.83. The van der Waals surface area contributed by atoms with Gasteiger partial charge in [0.25, 0.3) is 0 Å². The van der Waals surface area contributed by atoms with Crippen LogP contribution < -0.4 is 15.8 Å². The molecule has 0 heterocycles. The first-order chi connectivity index (χ1) is 8.13. The van der Waals surface area contributed by atoms with Gasteiger partial charge in [0.05, 0.1) is 18.1 Å². The number of amides is 1. The average molecular weight is 261 g/mol. The van der Waals surface area contributed by atoms with Crippen molar-refractivity contribution < 1.29 is 13.9 Å². The van der Waals surface area contributed by atoms with Crippen LogP contribution in [0.25, 0.3) is 0 Å². The number of halogens is 2. The molecule has 0 aliphatic heterocycles. The molecular weight excluding hydrogens is 247 g/mol. The van der Waals surface area contributed by atoms with Gasteiger partial charge in [0.1, 0.15) is 11.6 Å². The van der Waals surface area contributed by atoms with E-state index in [1.165, 1.54) is 12.1 Å². The minimum Gasteiger partial charge on any atom is -0.491 e. The molecule has 4 nitrogen and oxygen atoms in total. The molecule has 1 amide bonds. The first-order valence-electron chi connectivity index (χ1n) is 5.18. The van der Waals surface area contributed by atoms with Crippen molar-refractivity contribution in [2.24, 2.45) is 5.73 Å². The Kier molecular flexibility index (Phi) is 5.72. The number of hydrogen-bond donors (Lipinski definition) is 2. The van der Waals surface area contributed by atoms with Crippen LogP contribution in [0.1, 0.15) is 6.42 Å². The summed E-state index contributed by atoms with van der Waals surface area (Å²) in [6.45, 7) is 1.02. The maximum atomic E-state index is 12.7. The summed E-state index contributed by atoms with van der Waals surface area (Å²) in [5.74, 6) is -0.212. The zero-order chi connectivity index (χ0) is 12.7. The van der Waals surface area contributed by atoms with Gasteiger partial charge in [-0.05, 0) is 18.2 Å². The first kappa shape index (κ1) is 13.7. The van der Waals surface area contributed by atoms with Crippen LogP contribution in [0.15, 0.2) is 18.2 Å². The number of hydrogen-bond acceptors (Lipinski definition) is 3. The van der Waals surface area contributed by atoms with Crippen LogP contribution in [-0.4, -0.2) is 25.6 Å². The summed E-state index contributed by atoms with van der Waals surface area (Å²) < 4.78 is 18.0. The summed E-state index contributed by atoms with van der Waals surface area (Å²) in [7, 11) is 0. The van der Waals surface area contributed by atoms with Crippen molar-refractivity contribution in [1.29, 1.82) is 0 Å². The van der Waals surface area contributed by atoms with E-state index in [2.05, 4.69) is 5.32 Å². The number of benzene rings is 1. The largest absolute Gasteiger partial charge is 0.491 e. The molecule has 94 valence electrons. The third kappa shape index (κ3) is 5.01. The Hall–Kier alpha value is -1.33. The molecule has 0 spiro atoms. The van der Waals surface area contributed by atoms with E-state index in [9.17, 15) is 9.18 Å². The van der Waals surface area contributed by atoms with Crippen LogP contribution >= 0.6 is 11.6 Å². The SMILES string of the molecule is NCCNC(=O)CCOc1ccc(F)cc1Cl. The maximum absolute atomic E-state index is 12.7. The van der Waals surface area contributed by atoms with E-state index in [-0.39, 0.29) is 24.0 Å². The fraction of sp³-hybridized carbons (Fsp3) is 0.364. The van der Waals surface area contributed by atoms with E-state index in [4.69, 9.17) is 22.1 Å². The standard InChI is InChI=1S/C11H14ClFN2O2/c12-9-7-8(13)1-2-10(9)17-6-3-11(16)15-5-4-14/h1-2,7H,3-6,14H2,(H,15,16). The fourth-order valence-corrected chi connectivity index (χ4v) is 1.37. The summed E-state index contributed by atoms with van der Waals surface area (Å²) in [5.41, 5.74) is 5.23. The molecule has 0 aliphatic rings. The van der Waals surface area contributed by atoms with Gasteiger partial charge in [0.2, 0.25) is 5.91 Å². The predicted octanol–water partition coefficient (Wildman–Crippen LogP) is 1.32. The van der Waals surface area contributed by atoms with Gasteiger partial charge < -0.3 is 15.8 Å². The predicted molar refractivity (Wildman–Crippen MR) is 63.6 cm³/mol. The topological polar surface area (TPSA) is 64.3 Å². The van der Waals surface area contributed by atoms with Gasteiger partial charge in [-0.15, -0.1) is 0 Å². The van der Waals surface area contributed by atoms with E-state index in [0.29, 0.717) is 18.8 Å². The molecule has 0 saturated heterocycles. The number of carbonyl (C=O) groups is 1. The van der Waals surface area contributed by atoms with Gasteiger partial charge >= 0.3 is 0 Å². The van der Waals surface area contributed by atoms with E-state index in [1.54, 1.807) is 0 Å². The van der Waals surface area contributed by atoms with Gasteiger partial charge in [-0.3, -0.25) is 4.79 Å². The zero-order valence-corrected chi connectivity index (χ0v) is 9.97. The van der Waals surface area contributed by atoms with Crippen LogP contribution in [0, 0.1) is 5.82 Å². The normalized spacial score (nSPS) is 10.1. The second-order valence-corrected chi connectivity index (χ2v) is 3.72. The van der Waals surface area contributed by atoms with Gasteiger partial charge in [-0.1, -0.05) is 11.6 Å². The molecule has 6 heteroatoms. The Morgan fingerprint density at radius 2 is 2.29 bits per heavy atom. The molecule has 0 atom stereocenters.